The van der Waals surface area contributed by atoms with E-state index < -0.39 is 5.97 Å². The second-order valence-corrected chi connectivity index (χ2v) is 9.13. The number of benzene rings is 2. The second-order valence-electron chi connectivity index (χ2n) is 6.42. The molecule has 142 valence electrons. The van der Waals surface area contributed by atoms with Crippen molar-refractivity contribution in [2.24, 2.45) is 0 Å². The third-order valence-corrected chi connectivity index (χ3v) is 6.77. The molecule has 3 aromatic rings. The molecule has 7 heteroatoms. The van der Waals surface area contributed by atoms with Crippen molar-refractivity contribution < 1.29 is 50.4 Å². The van der Waals surface area contributed by atoms with Crippen LogP contribution >= 0.6 is 0 Å². The second kappa shape index (κ2) is 8.74. The summed E-state index contributed by atoms with van der Waals surface area (Å²) in [6, 6.07) is 15.3. The Balaban J connectivity index is 0.00000160. The molecule has 0 bridgehead atoms. The summed E-state index contributed by atoms with van der Waals surface area (Å²) in [6.45, 7) is 1.83. The van der Waals surface area contributed by atoms with E-state index in [2.05, 4.69) is 5.32 Å². The summed E-state index contributed by atoms with van der Waals surface area (Å²) in [6.07, 6.45) is 1.81. The minimum absolute atomic E-state index is 0. The number of ether oxygens (including phenoxy) is 1. The van der Waals surface area contributed by atoms with Gasteiger partial charge in [-0.1, -0.05) is 0 Å². The van der Waals surface area contributed by atoms with E-state index in [1.54, 1.807) is 13.2 Å². The summed E-state index contributed by atoms with van der Waals surface area (Å²) < 4.78 is 6.94. The normalized spacial score (nSPS) is 13.6. The topological polar surface area (TPSA) is 75.6 Å². The Morgan fingerprint density at radius 2 is 1.83 bits per heavy atom. The number of carboxylic acids is 1. The van der Waals surface area contributed by atoms with E-state index in [4.69, 9.17) is 4.74 Å². The van der Waals surface area contributed by atoms with E-state index in [9.17, 15) is 14.7 Å². The van der Waals surface area contributed by atoms with E-state index in [0.29, 0.717) is 11.1 Å². The number of hydrogen-bond donors (Lipinski definition) is 2. The molecular weight excluding hydrogens is 444 g/mol. The third kappa shape index (κ3) is 4.27. The summed E-state index contributed by atoms with van der Waals surface area (Å²) in [5.74, 6) is -0.298. The predicted molar refractivity (Wildman–Crippen MR) is 111 cm³/mol. The van der Waals surface area contributed by atoms with Crippen molar-refractivity contribution in [1.29, 1.82) is 0 Å². The zero-order valence-corrected chi connectivity index (χ0v) is 20.0. The van der Waals surface area contributed by atoms with Gasteiger partial charge >= 0.3 is 190 Å². The maximum absolute atomic E-state index is 12.5. The molecule has 2 aromatic carbocycles. The predicted octanol–water partition coefficient (Wildman–Crippen LogP) is 1.04. The number of amides is 1. The van der Waals surface area contributed by atoms with Crippen LogP contribution in [0.5, 0.6) is 5.75 Å². The molecule has 0 aliphatic carbocycles. The third-order valence-electron chi connectivity index (χ3n) is 4.68. The van der Waals surface area contributed by atoms with Gasteiger partial charge in [-0.2, -0.15) is 0 Å². The van der Waals surface area contributed by atoms with Crippen LogP contribution in [0.15, 0.2) is 48.5 Å². The monoisotopic (exact) mass is 463 g/mol. The van der Waals surface area contributed by atoms with Gasteiger partial charge in [0, 0.05) is 0 Å². The van der Waals surface area contributed by atoms with Crippen molar-refractivity contribution in [1.82, 2.24) is 0 Å². The average molecular weight is 462 g/mol. The van der Waals surface area contributed by atoms with E-state index in [-0.39, 0.29) is 51.4 Å². The van der Waals surface area contributed by atoms with Crippen LogP contribution in [-0.2, 0) is 4.79 Å². The summed E-state index contributed by atoms with van der Waals surface area (Å²) >= 11 is -0.0766. The Morgan fingerprint density at radius 1 is 1.14 bits per heavy atom. The number of fused-ring (bicyclic) bond motifs is 1. The summed E-state index contributed by atoms with van der Waals surface area (Å²) in [5, 5.41) is 12.2. The van der Waals surface area contributed by atoms with E-state index in [1.807, 2.05) is 55.5 Å². The van der Waals surface area contributed by atoms with Gasteiger partial charge in [-0.25, -0.2) is 0 Å². The molecule has 1 aliphatic rings. The van der Waals surface area contributed by atoms with Gasteiger partial charge in [0.2, 0.25) is 0 Å². The summed E-state index contributed by atoms with van der Waals surface area (Å²) in [7, 11) is 1.63. The molecule has 0 unspecified atom stereocenters. The van der Waals surface area contributed by atoms with Crippen LogP contribution in [-0.4, -0.2) is 38.6 Å². The van der Waals surface area contributed by atoms with Crippen molar-refractivity contribution in [3.05, 3.63) is 68.5 Å². The minimum atomic E-state index is -0.923. The van der Waals surface area contributed by atoms with Crippen molar-refractivity contribution in [2.75, 3.05) is 12.4 Å². The maximum atomic E-state index is 12.5. The molecule has 0 fully saturated rings. The molecule has 0 spiro atoms. The molecule has 29 heavy (non-hydrogen) atoms. The first-order chi connectivity index (χ1) is 13.5. The first-order valence-corrected chi connectivity index (χ1v) is 10.3. The number of anilines is 1. The van der Waals surface area contributed by atoms with Crippen molar-refractivity contribution in [2.45, 2.75) is 6.92 Å². The molecular formula is C22H18NNaO4Se. The van der Waals surface area contributed by atoms with Gasteiger partial charge in [-0.05, 0) is 0 Å². The minimum Gasteiger partial charge on any atom is -1.00 e. The van der Waals surface area contributed by atoms with Crippen LogP contribution < -0.4 is 39.6 Å². The van der Waals surface area contributed by atoms with Crippen LogP contribution in [0.4, 0.5) is 5.69 Å². The number of carboxylic acid groups (broad SMARTS) is 1. The van der Waals surface area contributed by atoms with Gasteiger partial charge < -0.3 is 1.43 Å². The molecule has 2 heterocycles. The van der Waals surface area contributed by atoms with Crippen molar-refractivity contribution in [3.63, 3.8) is 0 Å². The largest absolute Gasteiger partial charge is 1.00 e. The van der Waals surface area contributed by atoms with Gasteiger partial charge in [-0.3, -0.25) is 0 Å². The van der Waals surface area contributed by atoms with Crippen molar-refractivity contribution in [3.8, 4) is 16.9 Å². The number of rotatable bonds is 4. The SMILES string of the molecule is COc1ccc(-c2ccc3c(c2)NC(=O)C3=Cc2cc(C(=O)O)c(C)[se]2)cc1.[H-].[Na+]. The van der Waals surface area contributed by atoms with Crippen LogP contribution in [0.3, 0.4) is 0 Å². The van der Waals surface area contributed by atoms with Gasteiger partial charge in [0.15, 0.2) is 0 Å². The van der Waals surface area contributed by atoms with Crippen LogP contribution in [0.2, 0.25) is 0 Å². The summed E-state index contributed by atoms with van der Waals surface area (Å²) in [5.41, 5.74) is 4.53. The Hall–Kier alpha value is -2.08. The van der Waals surface area contributed by atoms with E-state index in [0.717, 1.165) is 37.0 Å². The molecule has 1 aromatic heterocycles. The van der Waals surface area contributed by atoms with Gasteiger partial charge in [0.05, 0.1) is 7.11 Å². The zero-order chi connectivity index (χ0) is 19.8. The molecule has 0 saturated carbocycles. The fourth-order valence-corrected chi connectivity index (χ4v) is 5.25. The number of carbonyl (C=O) groups is 2. The Bertz CT molecular complexity index is 1140. The molecule has 0 radical (unpaired) electrons. The van der Waals surface area contributed by atoms with E-state index >= 15 is 0 Å². The Kier molecular flexibility index (Phi) is 6.52. The number of methoxy groups -OCH3 is 1. The Labute approximate surface area is 197 Å². The maximum Gasteiger partial charge on any atom is 1.00 e. The van der Waals surface area contributed by atoms with Crippen LogP contribution in [0.25, 0.3) is 22.8 Å². The smallest absolute Gasteiger partial charge is 1.00 e. The summed E-state index contributed by atoms with van der Waals surface area (Å²) in [4.78, 5) is 23.8. The molecule has 0 saturated heterocycles. The first-order valence-electron chi connectivity index (χ1n) is 8.62. The molecule has 1 aliphatic heterocycles. The number of hydrogen-bond acceptors (Lipinski definition) is 3. The fraction of sp³-hybridized carbons (Fsp3) is 0.0909. The molecule has 0 atom stereocenters. The standard InChI is InChI=1S/C22H17NO4Se.Na.H/c1-12-18(22(25)26)10-16(28-12)11-19-17-8-5-14(9-20(17)23-21(19)24)13-3-6-15(27-2)7-4-13;;/h3-11H,1-2H3,(H,23,24)(H,25,26);;/q;+1;-1. The zero-order valence-electron chi connectivity index (χ0n) is 17.3. The van der Waals surface area contributed by atoms with Crippen LogP contribution in [0, 0.1) is 6.92 Å². The number of carbonyl (C=O) groups excluding carboxylic acids is 1. The Morgan fingerprint density at radius 3 is 2.45 bits per heavy atom. The van der Waals surface area contributed by atoms with Crippen LogP contribution in [0.1, 0.15) is 26.2 Å². The molecule has 2 N–H and O–H groups in total. The number of nitrogens with one attached hydrogen (secondary N) is 1. The molecule has 1 amide bonds. The average Bonchev–Trinajstić information content (AvgIpc) is 3.21. The quantitative estimate of drug-likeness (QED) is 0.449. The fourth-order valence-electron chi connectivity index (χ4n) is 3.23. The van der Waals surface area contributed by atoms with Gasteiger partial charge in [0.25, 0.3) is 0 Å². The first kappa shape index (κ1) is 21.6. The van der Waals surface area contributed by atoms with Crippen molar-refractivity contribution >= 4 is 43.7 Å². The van der Waals surface area contributed by atoms with E-state index in [1.165, 1.54) is 0 Å². The van der Waals surface area contributed by atoms with Gasteiger partial charge in [0.1, 0.15) is 0 Å². The number of aromatic carboxylic acids is 1. The van der Waals surface area contributed by atoms with Gasteiger partial charge in [-0.15, -0.1) is 0 Å². The molecule has 5 nitrogen and oxygen atoms in total. The molecule has 4 rings (SSSR count). The number of aryl methyl sites for hydroxylation is 1.